The molecule has 1 N–H and O–H groups in total. The van der Waals surface area contributed by atoms with Crippen LogP contribution in [0.2, 0.25) is 0 Å². The lowest BCUT2D eigenvalue weighted by Crippen LogP contribution is -2.32. The van der Waals surface area contributed by atoms with Crippen LogP contribution in [0.5, 0.6) is 0 Å². The molecular weight excluding hydrogens is 210 g/mol. The molecule has 0 unspecified atom stereocenters. The van der Waals surface area contributed by atoms with Crippen molar-refractivity contribution < 1.29 is 0 Å². The van der Waals surface area contributed by atoms with Crippen molar-refractivity contribution in [3.05, 3.63) is 12.4 Å². The van der Waals surface area contributed by atoms with Crippen molar-refractivity contribution in [2.75, 3.05) is 5.32 Å². The van der Waals surface area contributed by atoms with Crippen molar-refractivity contribution >= 4 is 5.95 Å². The van der Waals surface area contributed by atoms with Crippen molar-refractivity contribution in [2.45, 2.75) is 69.9 Å². The van der Waals surface area contributed by atoms with E-state index in [2.05, 4.69) is 28.0 Å². The summed E-state index contributed by atoms with van der Waals surface area (Å²) in [4.78, 5) is 4.52. The molecule has 3 rings (SSSR count). The summed E-state index contributed by atoms with van der Waals surface area (Å²) < 4.78 is 2.37. The number of rotatable bonds is 3. The van der Waals surface area contributed by atoms with Crippen LogP contribution in [-0.2, 0) is 0 Å². The van der Waals surface area contributed by atoms with Crippen LogP contribution in [0, 0.1) is 0 Å². The van der Waals surface area contributed by atoms with Crippen molar-refractivity contribution in [1.82, 2.24) is 9.55 Å². The molecule has 0 aromatic carbocycles. The van der Waals surface area contributed by atoms with Gasteiger partial charge in [-0.3, -0.25) is 0 Å². The fraction of sp³-hybridized carbons (Fsp3) is 0.786. The van der Waals surface area contributed by atoms with Gasteiger partial charge in [0.2, 0.25) is 5.95 Å². The van der Waals surface area contributed by atoms with E-state index in [1.54, 1.807) is 0 Å². The van der Waals surface area contributed by atoms with Crippen molar-refractivity contribution in [2.24, 2.45) is 0 Å². The quantitative estimate of drug-likeness (QED) is 0.861. The second-order valence-corrected chi connectivity index (χ2v) is 5.99. The lowest BCUT2D eigenvalue weighted by atomic mass is 10.0. The maximum atomic E-state index is 4.52. The fourth-order valence-corrected chi connectivity index (χ4v) is 3.44. The molecule has 0 bridgehead atoms. The van der Waals surface area contributed by atoms with E-state index in [1.165, 1.54) is 51.4 Å². The van der Waals surface area contributed by atoms with Crippen molar-refractivity contribution in [3.8, 4) is 0 Å². The lowest BCUT2D eigenvalue weighted by molar-refractivity contribution is 0.490. The monoisotopic (exact) mass is 233 g/mol. The summed E-state index contributed by atoms with van der Waals surface area (Å²) in [5.74, 6) is 1.10. The Morgan fingerprint density at radius 3 is 2.65 bits per heavy atom. The summed E-state index contributed by atoms with van der Waals surface area (Å²) in [6.07, 6.45) is 14.8. The number of hydrogen-bond acceptors (Lipinski definition) is 2. The number of aromatic nitrogens is 2. The molecule has 2 aliphatic carbocycles. The molecule has 0 saturated heterocycles. The topological polar surface area (TPSA) is 29.9 Å². The zero-order chi connectivity index (χ0) is 11.7. The van der Waals surface area contributed by atoms with Crippen LogP contribution in [0.15, 0.2) is 12.4 Å². The average Bonchev–Trinajstić information content (AvgIpc) is 2.98. The van der Waals surface area contributed by atoms with Gasteiger partial charge in [-0.1, -0.05) is 25.7 Å². The molecule has 0 atom stereocenters. The molecule has 0 spiro atoms. The molecule has 3 heteroatoms. The summed E-state index contributed by atoms with van der Waals surface area (Å²) in [5.41, 5.74) is 0.279. The molecular formula is C14H23N3. The number of nitrogens with zero attached hydrogens (tertiary/aromatic N) is 2. The first-order valence-electron chi connectivity index (χ1n) is 7.08. The third-order valence-electron chi connectivity index (χ3n) is 4.51. The molecule has 1 aromatic rings. The second-order valence-electron chi connectivity index (χ2n) is 5.99. The number of nitrogens with one attached hydrogen (secondary N) is 1. The first-order chi connectivity index (χ1) is 8.27. The van der Waals surface area contributed by atoms with Gasteiger partial charge in [0.15, 0.2) is 0 Å². The van der Waals surface area contributed by atoms with E-state index in [1.807, 2.05) is 6.20 Å². The minimum Gasteiger partial charge on any atom is -0.350 e. The summed E-state index contributed by atoms with van der Waals surface area (Å²) in [5, 5.41) is 3.69. The molecule has 2 aliphatic rings. The number of anilines is 1. The van der Waals surface area contributed by atoms with E-state index in [0.717, 1.165) is 5.95 Å². The van der Waals surface area contributed by atoms with Crippen LogP contribution in [0.1, 0.15) is 64.3 Å². The number of imidazole rings is 1. The van der Waals surface area contributed by atoms with Crippen LogP contribution in [0.3, 0.4) is 0 Å². The van der Waals surface area contributed by atoms with E-state index >= 15 is 0 Å². The Labute approximate surface area is 104 Å². The highest BCUT2D eigenvalue weighted by molar-refractivity contribution is 5.32. The van der Waals surface area contributed by atoms with E-state index < -0.39 is 0 Å². The minimum absolute atomic E-state index is 0.279. The summed E-state index contributed by atoms with van der Waals surface area (Å²) >= 11 is 0. The molecule has 1 heterocycles. The normalized spacial score (nSPS) is 24.3. The lowest BCUT2D eigenvalue weighted by Gasteiger charge is -2.27. The molecule has 2 saturated carbocycles. The first kappa shape index (κ1) is 11.1. The molecule has 0 radical (unpaired) electrons. The number of hydrogen-bond donors (Lipinski definition) is 1. The average molecular weight is 233 g/mol. The Morgan fingerprint density at radius 2 is 1.94 bits per heavy atom. The van der Waals surface area contributed by atoms with Gasteiger partial charge in [-0.15, -0.1) is 0 Å². The van der Waals surface area contributed by atoms with Crippen LogP contribution >= 0.6 is 0 Å². The molecule has 1 aromatic heterocycles. The third-order valence-corrected chi connectivity index (χ3v) is 4.51. The highest BCUT2D eigenvalue weighted by atomic mass is 15.2. The minimum atomic E-state index is 0.279. The Morgan fingerprint density at radius 1 is 1.24 bits per heavy atom. The van der Waals surface area contributed by atoms with E-state index in [-0.39, 0.29) is 5.54 Å². The van der Waals surface area contributed by atoms with E-state index in [0.29, 0.717) is 6.04 Å². The van der Waals surface area contributed by atoms with Gasteiger partial charge in [0.1, 0.15) is 0 Å². The summed E-state index contributed by atoms with van der Waals surface area (Å²) in [7, 11) is 0. The zero-order valence-electron chi connectivity index (χ0n) is 10.8. The largest absolute Gasteiger partial charge is 0.350 e. The zero-order valence-corrected chi connectivity index (χ0v) is 10.8. The molecule has 0 amide bonds. The van der Waals surface area contributed by atoms with Gasteiger partial charge < -0.3 is 9.88 Å². The third kappa shape index (κ3) is 2.20. The van der Waals surface area contributed by atoms with Crippen molar-refractivity contribution in [1.29, 1.82) is 0 Å². The van der Waals surface area contributed by atoms with Gasteiger partial charge >= 0.3 is 0 Å². The Kier molecular flexibility index (Phi) is 2.85. The molecule has 2 fully saturated rings. The Balaban J connectivity index is 1.76. The standard InChI is InChI=1S/C14H23N3/c1-14(8-4-5-9-14)16-13-15-10-11-17(13)12-6-2-3-7-12/h10-12H,2-9H2,1H3,(H,15,16). The molecule has 0 aliphatic heterocycles. The van der Waals surface area contributed by atoms with Crippen LogP contribution < -0.4 is 5.32 Å². The van der Waals surface area contributed by atoms with Gasteiger partial charge in [0.25, 0.3) is 0 Å². The van der Waals surface area contributed by atoms with E-state index in [9.17, 15) is 0 Å². The van der Waals surface area contributed by atoms with Gasteiger partial charge in [-0.05, 0) is 32.6 Å². The Hall–Kier alpha value is -0.990. The first-order valence-corrected chi connectivity index (χ1v) is 7.08. The smallest absolute Gasteiger partial charge is 0.203 e. The SMILES string of the molecule is CC1(Nc2nccn2C2CCCC2)CCCC1. The van der Waals surface area contributed by atoms with Crippen LogP contribution in [-0.4, -0.2) is 15.1 Å². The van der Waals surface area contributed by atoms with Gasteiger partial charge in [-0.2, -0.15) is 0 Å². The second kappa shape index (κ2) is 4.35. The Bertz CT molecular complexity index is 371. The highest BCUT2D eigenvalue weighted by Gasteiger charge is 2.30. The summed E-state index contributed by atoms with van der Waals surface area (Å²) in [6, 6.07) is 0.685. The van der Waals surface area contributed by atoms with E-state index in [4.69, 9.17) is 0 Å². The predicted octanol–water partition coefficient (Wildman–Crippen LogP) is 3.74. The highest BCUT2D eigenvalue weighted by Crippen LogP contribution is 2.35. The van der Waals surface area contributed by atoms with Crippen LogP contribution in [0.4, 0.5) is 5.95 Å². The summed E-state index contributed by atoms with van der Waals surface area (Å²) in [6.45, 7) is 2.34. The molecule has 17 heavy (non-hydrogen) atoms. The van der Waals surface area contributed by atoms with Crippen LogP contribution in [0.25, 0.3) is 0 Å². The predicted molar refractivity (Wildman–Crippen MR) is 70.2 cm³/mol. The fourth-order valence-electron chi connectivity index (χ4n) is 3.44. The molecule has 3 nitrogen and oxygen atoms in total. The maximum absolute atomic E-state index is 4.52. The molecule has 94 valence electrons. The maximum Gasteiger partial charge on any atom is 0.203 e. The van der Waals surface area contributed by atoms with Gasteiger partial charge in [-0.25, -0.2) is 4.98 Å². The van der Waals surface area contributed by atoms with Crippen molar-refractivity contribution in [3.63, 3.8) is 0 Å². The van der Waals surface area contributed by atoms with Gasteiger partial charge in [0, 0.05) is 24.0 Å². The van der Waals surface area contributed by atoms with Gasteiger partial charge in [0.05, 0.1) is 0 Å².